The minimum Gasteiger partial charge on any atom is -0.491 e. The summed E-state index contributed by atoms with van der Waals surface area (Å²) in [7, 11) is 1.38. The second-order valence-electron chi connectivity index (χ2n) is 4.77. The van der Waals surface area contributed by atoms with Gasteiger partial charge in [0.15, 0.2) is 5.75 Å². The van der Waals surface area contributed by atoms with Crippen LogP contribution in [0.3, 0.4) is 0 Å². The topological polar surface area (TPSA) is 88.8 Å². The Kier molecular flexibility index (Phi) is 3.90. The SMILES string of the molecule is COc1cn(C2CCC(O)CC2)c(C(=O)O)cc1=O. The summed E-state index contributed by atoms with van der Waals surface area (Å²) >= 11 is 0. The lowest BCUT2D eigenvalue weighted by Crippen LogP contribution is -2.26. The largest absolute Gasteiger partial charge is 0.491 e. The van der Waals surface area contributed by atoms with Crippen LogP contribution < -0.4 is 10.2 Å². The predicted octanol–water partition coefficient (Wildman–Crippen LogP) is 1.03. The number of nitrogens with zero attached hydrogens (tertiary/aromatic N) is 1. The Balaban J connectivity index is 2.42. The molecule has 2 rings (SSSR count). The second kappa shape index (κ2) is 5.44. The third kappa shape index (κ3) is 2.78. The Morgan fingerprint density at radius 3 is 2.53 bits per heavy atom. The molecule has 1 heterocycles. The zero-order valence-electron chi connectivity index (χ0n) is 10.7. The lowest BCUT2D eigenvalue weighted by molar-refractivity contribution is 0.0672. The fourth-order valence-corrected chi connectivity index (χ4v) is 2.49. The molecule has 1 fully saturated rings. The summed E-state index contributed by atoms with van der Waals surface area (Å²) < 4.78 is 6.53. The number of carboxylic acid groups (broad SMARTS) is 1. The molecule has 19 heavy (non-hydrogen) atoms. The molecule has 1 aromatic heterocycles. The molecule has 0 spiro atoms. The number of pyridine rings is 1. The average Bonchev–Trinajstić information content (AvgIpc) is 2.39. The number of carboxylic acids is 1. The highest BCUT2D eigenvalue weighted by Crippen LogP contribution is 2.30. The molecule has 0 radical (unpaired) electrons. The Labute approximate surface area is 110 Å². The van der Waals surface area contributed by atoms with E-state index >= 15 is 0 Å². The summed E-state index contributed by atoms with van der Waals surface area (Å²) in [5, 5.41) is 18.7. The molecule has 1 aliphatic rings. The summed E-state index contributed by atoms with van der Waals surface area (Å²) in [6.45, 7) is 0. The maximum absolute atomic E-state index is 11.6. The molecular formula is C13H17NO5. The highest BCUT2D eigenvalue weighted by Gasteiger charge is 2.24. The first kappa shape index (κ1) is 13.6. The van der Waals surface area contributed by atoms with Crippen LogP contribution in [0, 0.1) is 0 Å². The van der Waals surface area contributed by atoms with E-state index in [1.807, 2.05) is 0 Å². The molecule has 0 saturated heterocycles. The van der Waals surface area contributed by atoms with E-state index < -0.39 is 11.4 Å². The van der Waals surface area contributed by atoms with E-state index in [4.69, 9.17) is 4.74 Å². The van der Waals surface area contributed by atoms with Gasteiger partial charge in [-0.1, -0.05) is 0 Å². The molecular weight excluding hydrogens is 250 g/mol. The van der Waals surface area contributed by atoms with Crippen molar-refractivity contribution in [2.75, 3.05) is 7.11 Å². The summed E-state index contributed by atoms with van der Waals surface area (Å²) in [6.07, 6.45) is 3.79. The number of aliphatic hydroxyl groups excluding tert-OH is 1. The van der Waals surface area contributed by atoms with E-state index in [9.17, 15) is 19.8 Å². The van der Waals surface area contributed by atoms with Gasteiger partial charge >= 0.3 is 5.97 Å². The summed E-state index contributed by atoms with van der Waals surface area (Å²) in [5.41, 5.74) is -0.473. The van der Waals surface area contributed by atoms with E-state index in [2.05, 4.69) is 0 Å². The number of rotatable bonds is 3. The number of aromatic carboxylic acids is 1. The third-order valence-electron chi connectivity index (χ3n) is 3.54. The molecule has 0 atom stereocenters. The molecule has 6 nitrogen and oxygen atoms in total. The van der Waals surface area contributed by atoms with Crippen LogP contribution in [0.25, 0.3) is 0 Å². The zero-order chi connectivity index (χ0) is 14.0. The van der Waals surface area contributed by atoms with Gasteiger partial charge in [0.2, 0.25) is 5.43 Å². The van der Waals surface area contributed by atoms with Crippen molar-refractivity contribution < 1.29 is 19.7 Å². The predicted molar refractivity (Wildman–Crippen MR) is 67.7 cm³/mol. The van der Waals surface area contributed by atoms with Gasteiger partial charge in [-0.25, -0.2) is 4.79 Å². The Morgan fingerprint density at radius 1 is 1.37 bits per heavy atom. The van der Waals surface area contributed by atoms with Gasteiger partial charge in [-0.3, -0.25) is 4.79 Å². The Morgan fingerprint density at radius 2 is 2.00 bits per heavy atom. The monoisotopic (exact) mass is 267 g/mol. The van der Waals surface area contributed by atoms with Gasteiger partial charge in [0.1, 0.15) is 5.69 Å². The van der Waals surface area contributed by atoms with Gasteiger partial charge in [-0.05, 0) is 25.7 Å². The van der Waals surface area contributed by atoms with Crippen LogP contribution in [0.5, 0.6) is 5.75 Å². The quantitative estimate of drug-likeness (QED) is 0.854. The molecule has 0 amide bonds. The molecule has 0 unspecified atom stereocenters. The van der Waals surface area contributed by atoms with Gasteiger partial charge in [-0.15, -0.1) is 0 Å². The molecule has 0 aromatic carbocycles. The fourth-order valence-electron chi connectivity index (χ4n) is 2.49. The third-order valence-corrected chi connectivity index (χ3v) is 3.54. The van der Waals surface area contributed by atoms with Crippen molar-refractivity contribution in [1.29, 1.82) is 0 Å². The minimum absolute atomic E-state index is 0.0241. The summed E-state index contributed by atoms with van der Waals surface area (Å²) in [4.78, 5) is 22.9. The van der Waals surface area contributed by atoms with Crippen molar-refractivity contribution >= 4 is 5.97 Å². The van der Waals surface area contributed by atoms with Gasteiger partial charge in [0.05, 0.1) is 19.4 Å². The van der Waals surface area contributed by atoms with Crippen molar-refractivity contribution in [3.05, 3.63) is 28.2 Å². The molecule has 1 saturated carbocycles. The van der Waals surface area contributed by atoms with Crippen molar-refractivity contribution in [3.63, 3.8) is 0 Å². The number of methoxy groups -OCH3 is 1. The van der Waals surface area contributed by atoms with Crippen LogP contribution in [-0.4, -0.2) is 34.0 Å². The van der Waals surface area contributed by atoms with Crippen LogP contribution in [-0.2, 0) is 0 Å². The standard InChI is InChI=1S/C13H17NO5/c1-19-12-7-14(8-2-4-9(15)5-3-8)10(13(17)18)6-11(12)16/h6-9,15H,2-5H2,1H3,(H,17,18). The molecule has 6 heteroatoms. The number of carbonyl (C=O) groups is 1. The van der Waals surface area contributed by atoms with E-state index in [1.54, 1.807) is 4.57 Å². The van der Waals surface area contributed by atoms with Crippen LogP contribution in [0.4, 0.5) is 0 Å². The summed E-state index contributed by atoms with van der Waals surface area (Å²) in [6, 6.07) is 1.07. The van der Waals surface area contributed by atoms with Crippen molar-refractivity contribution in [3.8, 4) is 5.75 Å². The van der Waals surface area contributed by atoms with Crippen molar-refractivity contribution in [2.45, 2.75) is 37.8 Å². The van der Waals surface area contributed by atoms with Crippen LogP contribution >= 0.6 is 0 Å². The average molecular weight is 267 g/mol. The first-order valence-corrected chi connectivity index (χ1v) is 6.24. The Bertz CT molecular complexity index is 528. The molecule has 0 bridgehead atoms. The number of hydrogen-bond acceptors (Lipinski definition) is 4. The van der Waals surface area contributed by atoms with Crippen LogP contribution in [0.15, 0.2) is 17.1 Å². The summed E-state index contributed by atoms with van der Waals surface area (Å²) in [5.74, 6) is -0.998. The zero-order valence-corrected chi connectivity index (χ0v) is 10.7. The molecule has 1 aromatic rings. The number of aliphatic hydroxyl groups is 1. The van der Waals surface area contributed by atoms with E-state index in [-0.39, 0.29) is 23.6 Å². The second-order valence-corrected chi connectivity index (χ2v) is 4.77. The molecule has 104 valence electrons. The number of ether oxygens (including phenoxy) is 1. The number of hydrogen-bond donors (Lipinski definition) is 2. The van der Waals surface area contributed by atoms with E-state index in [0.717, 1.165) is 6.07 Å². The lowest BCUT2D eigenvalue weighted by Gasteiger charge is -2.29. The molecule has 2 N–H and O–H groups in total. The van der Waals surface area contributed by atoms with Gasteiger partial charge in [0.25, 0.3) is 0 Å². The van der Waals surface area contributed by atoms with Gasteiger partial charge in [0, 0.05) is 12.1 Å². The van der Waals surface area contributed by atoms with Crippen LogP contribution in [0.2, 0.25) is 0 Å². The maximum Gasteiger partial charge on any atom is 0.352 e. The number of aromatic nitrogens is 1. The van der Waals surface area contributed by atoms with E-state index in [0.29, 0.717) is 25.7 Å². The van der Waals surface area contributed by atoms with Gasteiger partial charge < -0.3 is 19.5 Å². The minimum atomic E-state index is -1.13. The Hall–Kier alpha value is -1.82. The van der Waals surface area contributed by atoms with Crippen molar-refractivity contribution in [2.24, 2.45) is 0 Å². The van der Waals surface area contributed by atoms with E-state index in [1.165, 1.54) is 13.3 Å². The van der Waals surface area contributed by atoms with Gasteiger partial charge in [-0.2, -0.15) is 0 Å². The first-order valence-electron chi connectivity index (χ1n) is 6.24. The highest BCUT2D eigenvalue weighted by molar-refractivity contribution is 5.85. The normalized spacial score (nSPS) is 23.1. The highest BCUT2D eigenvalue weighted by atomic mass is 16.5. The lowest BCUT2D eigenvalue weighted by atomic mass is 9.92. The smallest absolute Gasteiger partial charge is 0.352 e. The van der Waals surface area contributed by atoms with Crippen LogP contribution in [0.1, 0.15) is 42.2 Å². The fraction of sp³-hybridized carbons (Fsp3) is 0.538. The first-order chi connectivity index (χ1) is 9.02. The molecule has 0 aliphatic heterocycles. The maximum atomic E-state index is 11.6. The molecule has 1 aliphatic carbocycles. The van der Waals surface area contributed by atoms with Crippen molar-refractivity contribution in [1.82, 2.24) is 4.57 Å².